The Balaban J connectivity index is 2.18. The molecule has 0 radical (unpaired) electrons. The van der Waals surface area contributed by atoms with E-state index in [-0.39, 0.29) is 18.1 Å². The molecule has 2 atom stereocenters. The number of ketones is 1. The first kappa shape index (κ1) is 26.8. The molecule has 2 aromatic rings. The van der Waals surface area contributed by atoms with Crippen molar-refractivity contribution in [3.63, 3.8) is 0 Å². The monoisotopic (exact) mass is 464 g/mol. The normalized spacial score (nSPS) is 12.8. The summed E-state index contributed by atoms with van der Waals surface area (Å²) in [7, 11) is 0. The van der Waals surface area contributed by atoms with E-state index in [0.717, 1.165) is 11.1 Å². The Kier molecular flexibility index (Phi) is 10.5. The number of carbonyl (C=O) groups is 3. The van der Waals surface area contributed by atoms with Crippen molar-refractivity contribution >= 4 is 17.8 Å². The highest BCUT2D eigenvalue weighted by molar-refractivity contribution is 5.87. The molecule has 0 aliphatic heterocycles. The van der Waals surface area contributed by atoms with Gasteiger partial charge in [0.2, 0.25) is 5.91 Å². The number of Topliss-reactive ketones (excluding diaryl/α,β-unsaturated/α-hetero) is 1. The second-order valence-corrected chi connectivity index (χ2v) is 9.35. The van der Waals surface area contributed by atoms with Crippen LogP contribution < -0.4 is 10.6 Å². The summed E-state index contributed by atoms with van der Waals surface area (Å²) in [5, 5.41) is 5.71. The molecule has 0 spiro atoms. The first-order chi connectivity index (χ1) is 16.2. The molecular formula is C28H36N2O4. The van der Waals surface area contributed by atoms with Crippen LogP contribution in [0.5, 0.6) is 0 Å². The largest absolute Gasteiger partial charge is 0.444 e. The van der Waals surface area contributed by atoms with Crippen molar-refractivity contribution < 1.29 is 19.1 Å². The van der Waals surface area contributed by atoms with E-state index in [0.29, 0.717) is 25.7 Å². The minimum Gasteiger partial charge on any atom is -0.444 e. The van der Waals surface area contributed by atoms with Gasteiger partial charge in [-0.1, -0.05) is 66.7 Å². The highest BCUT2D eigenvalue weighted by Gasteiger charge is 2.27. The standard InChI is InChI=1S/C28H36N2O4/c1-5-6-17-24(31)20-23(18-21-13-9-7-10-14-21)29-26(32)25(19-22-15-11-8-12-16-22)30-27(33)34-28(2,3)4/h5,7-16,23,25H,1,6,17-20H2,2-4H3,(H,29,32)(H,30,33)/t23-,25-/m0/s1. The first-order valence-corrected chi connectivity index (χ1v) is 11.7. The topological polar surface area (TPSA) is 84.5 Å². The maximum Gasteiger partial charge on any atom is 0.408 e. The number of amides is 2. The summed E-state index contributed by atoms with van der Waals surface area (Å²) < 4.78 is 5.37. The van der Waals surface area contributed by atoms with E-state index in [1.165, 1.54) is 0 Å². The Morgan fingerprint density at radius 3 is 2.00 bits per heavy atom. The number of benzene rings is 2. The molecule has 2 rings (SSSR count). The number of ether oxygens (including phenoxy) is 1. The zero-order valence-electron chi connectivity index (χ0n) is 20.4. The number of hydrogen-bond acceptors (Lipinski definition) is 4. The third-order valence-electron chi connectivity index (χ3n) is 5.06. The smallest absolute Gasteiger partial charge is 0.408 e. The van der Waals surface area contributed by atoms with Crippen molar-refractivity contribution in [3.8, 4) is 0 Å². The number of carbonyl (C=O) groups excluding carboxylic acids is 3. The lowest BCUT2D eigenvalue weighted by atomic mass is 9.98. The van der Waals surface area contributed by atoms with Crippen LogP contribution in [0.4, 0.5) is 4.79 Å². The number of allylic oxidation sites excluding steroid dienone is 1. The van der Waals surface area contributed by atoms with Crippen LogP contribution in [0.2, 0.25) is 0 Å². The van der Waals surface area contributed by atoms with Crippen molar-refractivity contribution in [2.24, 2.45) is 0 Å². The zero-order chi connectivity index (χ0) is 25.0. The molecule has 6 heteroatoms. The summed E-state index contributed by atoms with van der Waals surface area (Å²) >= 11 is 0. The minimum atomic E-state index is -0.848. The van der Waals surface area contributed by atoms with Gasteiger partial charge in [-0.15, -0.1) is 6.58 Å². The molecule has 0 heterocycles. The summed E-state index contributed by atoms with van der Waals surface area (Å²) in [4.78, 5) is 38.3. The molecule has 2 aromatic carbocycles. The van der Waals surface area contributed by atoms with Gasteiger partial charge in [0.1, 0.15) is 17.4 Å². The van der Waals surface area contributed by atoms with Gasteiger partial charge in [-0.3, -0.25) is 9.59 Å². The van der Waals surface area contributed by atoms with Crippen LogP contribution in [0.1, 0.15) is 51.2 Å². The van der Waals surface area contributed by atoms with Crippen molar-refractivity contribution in [2.45, 2.75) is 70.6 Å². The molecule has 0 fully saturated rings. The average molecular weight is 465 g/mol. The lowest BCUT2D eigenvalue weighted by Crippen LogP contribution is -2.52. The summed E-state index contributed by atoms with van der Waals surface area (Å²) in [5.74, 6) is -0.298. The van der Waals surface area contributed by atoms with Crippen LogP contribution in [0, 0.1) is 0 Å². The fourth-order valence-electron chi connectivity index (χ4n) is 3.52. The molecule has 2 N–H and O–H groups in total. The van der Waals surface area contributed by atoms with Crippen LogP contribution in [0.15, 0.2) is 73.3 Å². The van der Waals surface area contributed by atoms with Crippen LogP contribution in [0.3, 0.4) is 0 Å². The van der Waals surface area contributed by atoms with E-state index in [9.17, 15) is 14.4 Å². The molecule has 0 saturated heterocycles. The van der Waals surface area contributed by atoms with Gasteiger partial charge in [-0.25, -0.2) is 4.79 Å². The zero-order valence-corrected chi connectivity index (χ0v) is 20.4. The van der Waals surface area contributed by atoms with Gasteiger partial charge in [-0.2, -0.15) is 0 Å². The Morgan fingerprint density at radius 2 is 1.47 bits per heavy atom. The average Bonchev–Trinajstić information content (AvgIpc) is 2.77. The van der Waals surface area contributed by atoms with Crippen LogP contribution in [0.25, 0.3) is 0 Å². The molecule has 6 nitrogen and oxygen atoms in total. The van der Waals surface area contributed by atoms with Gasteiger partial charge in [0.05, 0.1) is 0 Å². The van der Waals surface area contributed by atoms with Gasteiger partial charge in [0, 0.05) is 25.3 Å². The van der Waals surface area contributed by atoms with Crippen LogP contribution in [-0.4, -0.2) is 35.5 Å². The van der Waals surface area contributed by atoms with Gasteiger partial charge < -0.3 is 15.4 Å². The van der Waals surface area contributed by atoms with E-state index in [1.807, 2.05) is 60.7 Å². The third-order valence-corrected chi connectivity index (χ3v) is 5.06. The first-order valence-electron chi connectivity index (χ1n) is 11.7. The highest BCUT2D eigenvalue weighted by atomic mass is 16.6. The number of alkyl carbamates (subject to hydrolysis) is 1. The van der Waals surface area contributed by atoms with Crippen molar-refractivity contribution in [1.29, 1.82) is 0 Å². The molecule has 0 bridgehead atoms. The molecule has 34 heavy (non-hydrogen) atoms. The lowest BCUT2D eigenvalue weighted by molar-refractivity contribution is -0.124. The number of rotatable bonds is 12. The molecule has 0 saturated carbocycles. The van der Waals surface area contributed by atoms with Crippen LogP contribution in [-0.2, 0) is 27.2 Å². The SMILES string of the molecule is C=CCCC(=O)C[C@H](Cc1ccccc1)NC(=O)[C@H](Cc1ccccc1)NC(=O)OC(C)(C)C. The molecule has 0 aliphatic rings. The summed E-state index contributed by atoms with van der Waals surface area (Å²) in [6, 6.07) is 17.9. The van der Waals surface area contributed by atoms with Gasteiger partial charge in [0.15, 0.2) is 0 Å². The Labute approximate surface area is 202 Å². The second kappa shape index (κ2) is 13.3. The lowest BCUT2D eigenvalue weighted by Gasteiger charge is -2.25. The Morgan fingerprint density at radius 1 is 0.912 bits per heavy atom. The fourth-order valence-corrected chi connectivity index (χ4v) is 3.52. The summed E-state index contributed by atoms with van der Waals surface area (Å²) in [6.45, 7) is 8.97. The second-order valence-electron chi connectivity index (χ2n) is 9.35. The Bertz CT molecular complexity index is 936. The molecule has 0 aliphatic carbocycles. The number of hydrogen-bond donors (Lipinski definition) is 2. The molecule has 0 unspecified atom stereocenters. The molecule has 2 amide bonds. The molecular weight excluding hydrogens is 428 g/mol. The minimum absolute atomic E-state index is 0.0563. The van der Waals surface area contributed by atoms with Gasteiger partial charge in [0.25, 0.3) is 0 Å². The highest BCUT2D eigenvalue weighted by Crippen LogP contribution is 2.12. The molecule has 182 valence electrons. The summed E-state index contributed by atoms with van der Waals surface area (Å²) in [5.41, 5.74) is 1.23. The van der Waals surface area contributed by atoms with Gasteiger partial charge in [-0.05, 0) is 44.7 Å². The summed E-state index contributed by atoms with van der Waals surface area (Å²) in [6.07, 6.45) is 3.05. The van der Waals surface area contributed by atoms with Gasteiger partial charge >= 0.3 is 6.09 Å². The van der Waals surface area contributed by atoms with Crippen molar-refractivity contribution in [2.75, 3.05) is 0 Å². The van der Waals surface area contributed by atoms with E-state index in [4.69, 9.17) is 4.74 Å². The van der Waals surface area contributed by atoms with E-state index < -0.39 is 23.8 Å². The van der Waals surface area contributed by atoms with Crippen LogP contribution >= 0.6 is 0 Å². The van der Waals surface area contributed by atoms with E-state index >= 15 is 0 Å². The number of nitrogens with one attached hydrogen (secondary N) is 2. The third kappa shape index (κ3) is 10.5. The van der Waals surface area contributed by atoms with Crippen molar-refractivity contribution in [1.82, 2.24) is 10.6 Å². The maximum absolute atomic E-state index is 13.3. The maximum atomic E-state index is 13.3. The predicted octanol–water partition coefficient (Wildman–Crippen LogP) is 4.78. The molecule has 0 aromatic heterocycles. The quantitative estimate of drug-likeness (QED) is 0.443. The van der Waals surface area contributed by atoms with E-state index in [1.54, 1.807) is 26.8 Å². The predicted molar refractivity (Wildman–Crippen MR) is 134 cm³/mol. The fraction of sp³-hybridized carbons (Fsp3) is 0.393. The Hall–Kier alpha value is -3.41. The van der Waals surface area contributed by atoms with E-state index in [2.05, 4.69) is 17.2 Å². The van der Waals surface area contributed by atoms with Crippen molar-refractivity contribution in [3.05, 3.63) is 84.4 Å².